The maximum absolute atomic E-state index is 6.89. The first-order valence-electron chi connectivity index (χ1n) is 6.21. The zero-order valence-electron chi connectivity index (χ0n) is 12.7. The third-order valence-electron chi connectivity index (χ3n) is 2.71. The van der Waals surface area contributed by atoms with Crippen molar-refractivity contribution in [3.8, 4) is 0 Å². The van der Waals surface area contributed by atoms with Gasteiger partial charge in [-0.15, -0.1) is 12.4 Å². The summed E-state index contributed by atoms with van der Waals surface area (Å²) in [6.07, 6.45) is 12.3. The summed E-state index contributed by atoms with van der Waals surface area (Å²) >= 11 is 0. The van der Waals surface area contributed by atoms with Crippen molar-refractivity contribution in [2.45, 2.75) is 51.4 Å². The Morgan fingerprint density at radius 1 is 0.650 bits per heavy atom. The third kappa shape index (κ3) is 13.9. The zero-order chi connectivity index (χ0) is 13.6. The summed E-state index contributed by atoms with van der Waals surface area (Å²) in [4.78, 5) is 0. The zero-order valence-corrected chi connectivity index (χ0v) is 12.7. The van der Waals surface area contributed by atoms with Crippen LogP contribution < -0.4 is 37.7 Å². The second-order valence-electron chi connectivity index (χ2n) is 4.08. The van der Waals surface area contributed by atoms with Crippen LogP contribution in [0.5, 0.6) is 0 Å². The van der Waals surface area contributed by atoms with Gasteiger partial charge < -0.3 is 21.6 Å². The molecule has 0 saturated heterocycles. The van der Waals surface area contributed by atoms with Crippen LogP contribution in [0.3, 0.4) is 0 Å². The molecule has 4 nitrogen and oxygen atoms in total. The molecule has 0 aromatic heterocycles. The molecular weight excluding hydrogens is 238 g/mol. The van der Waals surface area contributed by atoms with Crippen LogP contribution in [-0.4, -0.2) is 24.2 Å². The Morgan fingerprint density at radius 3 is 1.20 bits per heavy atom. The first-order valence-corrected chi connectivity index (χ1v) is 6.21. The summed E-state index contributed by atoms with van der Waals surface area (Å²) < 4.78 is 0. The van der Waals surface area contributed by atoms with Crippen molar-refractivity contribution in [2.24, 2.45) is 0 Å². The van der Waals surface area contributed by atoms with Gasteiger partial charge in [0.2, 0.25) is 0 Å². The number of unbranched alkanes of at least 4 members (excludes halogenated alkanes) is 5. The van der Waals surface area contributed by atoms with Crippen LogP contribution in [0.15, 0.2) is 11.1 Å². The molecule has 0 aliphatic heterocycles. The molecule has 0 rings (SSSR count). The molecule has 98 valence electrons. The van der Waals surface area contributed by atoms with E-state index in [0.29, 0.717) is 11.1 Å². The smallest absolute Gasteiger partial charge is 0.411 e. The summed E-state index contributed by atoms with van der Waals surface area (Å²) in [7, 11) is 0. The van der Waals surface area contributed by atoms with E-state index in [1.54, 1.807) is 0 Å². The molecule has 20 heavy (non-hydrogen) atoms. The van der Waals surface area contributed by atoms with Crippen LogP contribution in [0.2, 0.25) is 0 Å². The maximum atomic E-state index is 6.89. The van der Waals surface area contributed by atoms with Gasteiger partial charge in [0.15, 0.2) is 0 Å². The Hall–Kier alpha value is -0.565. The summed E-state index contributed by atoms with van der Waals surface area (Å²) in [6, 6.07) is 0. The maximum Gasteiger partial charge on any atom is 1.00 e. The van der Waals surface area contributed by atoms with Gasteiger partial charge in [-0.05, 0) is 0 Å². The van der Waals surface area contributed by atoms with E-state index in [4.69, 9.17) is 21.6 Å². The molecule has 0 heterocycles. The van der Waals surface area contributed by atoms with E-state index in [9.17, 15) is 0 Å². The predicted octanol–water partition coefficient (Wildman–Crippen LogP) is -2.48. The van der Waals surface area contributed by atoms with E-state index < -0.39 is 0 Å². The molecule has 0 aliphatic carbocycles. The molecule has 6 heteroatoms. The van der Waals surface area contributed by atoms with Crippen LogP contribution in [0.4, 0.5) is 0 Å². The topological polar surface area (TPSA) is 95.4 Å². The van der Waals surface area contributed by atoms with Crippen LogP contribution in [0.1, 0.15) is 51.4 Å². The second kappa shape index (κ2) is 18.4. The van der Waals surface area contributed by atoms with Gasteiger partial charge in [0, 0.05) is 0 Å². The Labute approximate surface area is 145 Å². The monoisotopic (exact) mass is 258 g/mol. The van der Waals surface area contributed by atoms with Crippen molar-refractivity contribution in [1.29, 1.82) is 21.6 Å². The summed E-state index contributed by atoms with van der Waals surface area (Å²) in [6.45, 7) is 0. The molecule has 0 bridgehead atoms. The molecule has 0 unspecified atom stereocenters. The van der Waals surface area contributed by atoms with Gasteiger partial charge in [-0.3, -0.25) is 11.7 Å². The molecular formula is C14H20Li2N4. The van der Waals surface area contributed by atoms with Gasteiger partial charge >= 0.3 is 37.7 Å². The van der Waals surface area contributed by atoms with Gasteiger partial charge in [0.25, 0.3) is 0 Å². The standard InChI is InChI=1S/C14H20N4.2Li/c15-9-13(10-16)7-5-3-1-2-4-6-8-14(11-17)12-18;;/h15-18H,1-8H2;;/q-2;2*+1. The molecule has 0 aromatic carbocycles. The minimum Gasteiger partial charge on any atom is -0.411 e. The quantitative estimate of drug-likeness (QED) is 0.137. The van der Waals surface area contributed by atoms with Crippen molar-refractivity contribution < 1.29 is 37.7 Å². The first-order chi connectivity index (χ1) is 8.78. The van der Waals surface area contributed by atoms with E-state index in [2.05, 4.69) is 24.2 Å². The second-order valence-corrected chi connectivity index (χ2v) is 4.08. The van der Waals surface area contributed by atoms with E-state index in [1.165, 1.54) is 0 Å². The van der Waals surface area contributed by atoms with E-state index >= 15 is 0 Å². The average molecular weight is 258 g/mol. The van der Waals surface area contributed by atoms with Crippen molar-refractivity contribution in [2.75, 3.05) is 0 Å². The third-order valence-corrected chi connectivity index (χ3v) is 2.71. The Balaban J connectivity index is -0.00000144. The van der Waals surface area contributed by atoms with E-state index in [-0.39, 0.29) is 37.7 Å². The molecule has 0 saturated carbocycles. The van der Waals surface area contributed by atoms with Gasteiger partial charge in [0.1, 0.15) is 0 Å². The summed E-state index contributed by atoms with van der Waals surface area (Å²) in [5.74, 6) is 4.41. The number of hydrogen-bond acceptors (Lipinski definition) is 4. The molecule has 0 spiro atoms. The number of allylic oxidation sites excluding steroid dienone is 2. The molecule has 0 aliphatic rings. The average Bonchev–Trinajstić information content (AvgIpc) is 2.41. The fourth-order valence-electron chi connectivity index (χ4n) is 1.62. The molecule has 4 N–H and O–H groups in total. The molecule has 0 radical (unpaired) electrons. The molecule has 0 fully saturated rings. The van der Waals surface area contributed by atoms with Crippen molar-refractivity contribution in [1.82, 2.24) is 0 Å². The SMILES string of the molecule is N=C=C([C-]=N)CCCCCCCCC(=C=N)[C-]=N.[Li+].[Li+]. The Bertz CT molecular complexity index is 331. The largest absolute Gasteiger partial charge is 1.00 e. The molecule has 0 atom stereocenters. The number of nitrogens with one attached hydrogen (secondary N) is 4. The van der Waals surface area contributed by atoms with Crippen LogP contribution in [0, 0.1) is 21.6 Å². The normalized spacial score (nSPS) is 8.20. The summed E-state index contributed by atoms with van der Waals surface area (Å²) in [5, 5.41) is 27.6. The van der Waals surface area contributed by atoms with Gasteiger partial charge in [-0.1, -0.05) is 51.4 Å². The molecule has 0 amide bonds. The van der Waals surface area contributed by atoms with Crippen molar-refractivity contribution >= 4 is 24.2 Å². The van der Waals surface area contributed by atoms with Crippen LogP contribution in [0.25, 0.3) is 0 Å². The van der Waals surface area contributed by atoms with E-state index in [1.807, 2.05) is 0 Å². The summed E-state index contributed by atoms with van der Waals surface area (Å²) in [5.41, 5.74) is 1.08. The van der Waals surface area contributed by atoms with Crippen molar-refractivity contribution in [3.05, 3.63) is 11.1 Å². The van der Waals surface area contributed by atoms with Gasteiger partial charge in [-0.25, -0.2) is 0 Å². The van der Waals surface area contributed by atoms with Gasteiger partial charge in [-0.2, -0.15) is 11.1 Å². The molecule has 0 aromatic rings. The minimum atomic E-state index is 0. The predicted molar refractivity (Wildman–Crippen MR) is 74.9 cm³/mol. The van der Waals surface area contributed by atoms with Gasteiger partial charge in [0.05, 0.1) is 0 Å². The van der Waals surface area contributed by atoms with E-state index in [0.717, 1.165) is 51.4 Å². The minimum absolute atomic E-state index is 0. The number of hydrogen-bond donors (Lipinski definition) is 4. The Kier molecular flexibility index (Phi) is 22.5. The fourth-order valence-corrected chi connectivity index (χ4v) is 1.62. The van der Waals surface area contributed by atoms with Crippen LogP contribution in [-0.2, 0) is 0 Å². The van der Waals surface area contributed by atoms with Crippen LogP contribution >= 0.6 is 0 Å². The first kappa shape index (κ1) is 24.5. The Morgan fingerprint density at radius 2 is 0.950 bits per heavy atom. The fraction of sp³-hybridized carbons (Fsp3) is 0.571. The van der Waals surface area contributed by atoms with Crippen molar-refractivity contribution in [3.63, 3.8) is 0 Å². The number of rotatable bonds is 11.